The van der Waals surface area contributed by atoms with Crippen LogP contribution >= 0.6 is 15.9 Å². The van der Waals surface area contributed by atoms with Crippen LogP contribution in [0.25, 0.3) is 0 Å². The average Bonchev–Trinajstić information content (AvgIpc) is 2.19. The number of halogens is 1. The Morgan fingerprint density at radius 1 is 1.25 bits per heavy atom. The number of alkyl halides is 1. The van der Waals surface area contributed by atoms with Gasteiger partial charge in [0.05, 0.1) is 11.7 Å². The molecule has 1 atom stereocenters. The van der Waals surface area contributed by atoms with Gasteiger partial charge in [-0.1, -0.05) is 29.3 Å². The molecule has 2 heteroatoms. The average molecular weight is 289 g/mol. The van der Waals surface area contributed by atoms with Gasteiger partial charge in [0.1, 0.15) is 0 Å². The fourth-order valence-corrected chi connectivity index (χ4v) is 3.66. The Hall–Kier alpha value is 0.440. The van der Waals surface area contributed by atoms with E-state index in [1.54, 1.807) is 0 Å². The number of hydrogen-bond donors (Lipinski definition) is 0. The molecule has 0 aromatic heterocycles. The second kappa shape index (κ2) is 5.39. The van der Waals surface area contributed by atoms with Gasteiger partial charge >= 0.3 is 0 Å². The Bertz CT molecular complexity index is 217. The zero-order valence-electron chi connectivity index (χ0n) is 10.7. The molecule has 0 saturated heterocycles. The Morgan fingerprint density at radius 3 is 2.31 bits per heavy atom. The van der Waals surface area contributed by atoms with Gasteiger partial charge in [0, 0.05) is 5.33 Å². The molecule has 0 spiro atoms. The normalized spacial score (nSPS) is 38.1. The summed E-state index contributed by atoms with van der Waals surface area (Å²) in [6, 6.07) is 0. The highest BCUT2D eigenvalue weighted by Crippen LogP contribution is 2.40. The summed E-state index contributed by atoms with van der Waals surface area (Å²) in [5.41, 5.74) is 0.154. The van der Waals surface area contributed by atoms with Crippen molar-refractivity contribution in [3.63, 3.8) is 0 Å². The minimum Gasteiger partial charge on any atom is -0.371 e. The Morgan fingerprint density at radius 2 is 1.88 bits per heavy atom. The largest absolute Gasteiger partial charge is 0.371 e. The lowest BCUT2D eigenvalue weighted by atomic mass is 9.78. The van der Waals surface area contributed by atoms with E-state index >= 15 is 0 Å². The van der Waals surface area contributed by atoms with Crippen molar-refractivity contribution in [2.24, 2.45) is 11.8 Å². The quantitative estimate of drug-likeness (QED) is 0.691. The number of hydrogen-bond acceptors (Lipinski definition) is 1. The van der Waals surface area contributed by atoms with Gasteiger partial charge in [-0.3, -0.25) is 0 Å². The lowest BCUT2D eigenvalue weighted by Gasteiger charge is -2.43. The fourth-order valence-electron chi connectivity index (χ4n) is 2.97. The predicted molar refractivity (Wildman–Crippen MR) is 72.0 cm³/mol. The molecule has 0 N–H and O–H groups in total. The van der Waals surface area contributed by atoms with Crippen LogP contribution in [-0.2, 0) is 4.74 Å². The second-order valence-electron chi connectivity index (χ2n) is 6.01. The molecule has 16 heavy (non-hydrogen) atoms. The highest BCUT2D eigenvalue weighted by molar-refractivity contribution is 9.09. The topological polar surface area (TPSA) is 9.23 Å². The lowest BCUT2D eigenvalue weighted by molar-refractivity contribution is -0.126. The van der Waals surface area contributed by atoms with Crippen LogP contribution in [0.3, 0.4) is 0 Å². The Balaban J connectivity index is 1.88. The molecule has 2 aliphatic carbocycles. The molecule has 1 unspecified atom stereocenters. The van der Waals surface area contributed by atoms with E-state index in [0.717, 1.165) is 17.2 Å². The van der Waals surface area contributed by atoms with E-state index in [2.05, 4.69) is 29.8 Å². The third-order valence-electron chi connectivity index (χ3n) is 4.68. The van der Waals surface area contributed by atoms with E-state index in [4.69, 9.17) is 4.74 Å². The van der Waals surface area contributed by atoms with Crippen molar-refractivity contribution in [3.05, 3.63) is 0 Å². The van der Waals surface area contributed by atoms with Gasteiger partial charge in [-0.15, -0.1) is 0 Å². The van der Waals surface area contributed by atoms with E-state index < -0.39 is 0 Å². The lowest BCUT2D eigenvalue weighted by Crippen LogP contribution is -2.43. The van der Waals surface area contributed by atoms with E-state index in [1.807, 2.05) is 0 Å². The molecule has 2 fully saturated rings. The van der Waals surface area contributed by atoms with Crippen LogP contribution in [0.1, 0.15) is 58.8 Å². The minimum atomic E-state index is 0.154. The number of ether oxygens (including phenoxy) is 1. The third-order valence-corrected chi connectivity index (χ3v) is 5.70. The number of rotatable bonds is 4. The molecular formula is C14H25BrO. The smallest absolute Gasteiger partial charge is 0.0782 e. The van der Waals surface area contributed by atoms with Crippen molar-refractivity contribution >= 4 is 15.9 Å². The summed E-state index contributed by atoms with van der Waals surface area (Å²) in [5.74, 6) is 1.74. The van der Waals surface area contributed by atoms with Crippen LogP contribution in [0, 0.1) is 11.8 Å². The van der Waals surface area contributed by atoms with Gasteiger partial charge in [-0.25, -0.2) is 0 Å². The second-order valence-corrected chi connectivity index (χ2v) is 6.57. The summed E-state index contributed by atoms with van der Waals surface area (Å²) in [5, 5.41) is 1.02. The molecule has 94 valence electrons. The molecule has 2 rings (SSSR count). The molecule has 1 nitrogen and oxygen atoms in total. The summed E-state index contributed by atoms with van der Waals surface area (Å²) in [4.78, 5) is 0. The van der Waals surface area contributed by atoms with E-state index in [1.165, 1.54) is 44.9 Å². The van der Waals surface area contributed by atoms with Gasteiger partial charge in [-0.05, 0) is 57.3 Å². The molecule has 0 heterocycles. The van der Waals surface area contributed by atoms with Crippen molar-refractivity contribution in [3.8, 4) is 0 Å². The van der Waals surface area contributed by atoms with Crippen molar-refractivity contribution in [2.75, 3.05) is 5.33 Å². The molecule has 0 amide bonds. The zero-order valence-corrected chi connectivity index (χ0v) is 12.3. The summed E-state index contributed by atoms with van der Waals surface area (Å²) in [7, 11) is 0. The van der Waals surface area contributed by atoms with Crippen molar-refractivity contribution in [1.29, 1.82) is 0 Å². The summed E-state index contributed by atoms with van der Waals surface area (Å²) >= 11 is 3.68. The Labute approximate surface area is 108 Å². The van der Waals surface area contributed by atoms with Gasteiger partial charge in [0.25, 0.3) is 0 Å². The summed E-state index contributed by atoms with van der Waals surface area (Å²) in [6.45, 7) is 4.65. The van der Waals surface area contributed by atoms with Crippen LogP contribution in [-0.4, -0.2) is 17.0 Å². The SMILES string of the molecule is CC1CCC(CBr)(OC(C)C2CCC2)CC1. The Kier molecular flexibility index (Phi) is 4.34. The van der Waals surface area contributed by atoms with E-state index in [0.29, 0.717) is 6.10 Å². The fraction of sp³-hybridized carbons (Fsp3) is 1.00. The van der Waals surface area contributed by atoms with Gasteiger partial charge in [0.2, 0.25) is 0 Å². The van der Waals surface area contributed by atoms with E-state index in [9.17, 15) is 0 Å². The van der Waals surface area contributed by atoms with Gasteiger partial charge < -0.3 is 4.74 Å². The molecule has 0 aliphatic heterocycles. The predicted octanol–water partition coefficient (Wildman–Crippen LogP) is 4.54. The van der Waals surface area contributed by atoms with Crippen LogP contribution in [0.15, 0.2) is 0 Å². The molecule has 0 radical (unpaired) electrons. The third kappa shape index (κ3) is 2.81. The van der Waals surface area contributed by atoms with Gasteiger partial charge in [0.15, 0.2) is 0 Å². The first-order valence-electron chi connectivity index (χ1n) is 6.89. The molecule has 2 aliphatic rings. The van der Waals surface area contributed by atoms with Crippen LogP contribution < -0.4 is 0 Å². The first-order valence-corrected chi connectivity index (χ1v) is 8.01. The molecule has 0 bridgehead atoms. The van der Waals surface area contributed by atoms with Crippen LogP contribution in [0.5, 0.6) is 0 Å². The van der Waals surface area contributed by atoms with Gasteiger partial charge in [-0.2, -0.15) is 0 Å². The van der Waals surface area contributed by atoms with Crippen molar-refractivity contribution < 1.29 is 4.74 Å². The zero-order chi connectivity index (χ0) is 11.6. The van der Waals surface area contributed by atoms with E-state index in [-0.39, 0.29) is 5.60 Å². The first-order chi connectivity index (χ1) is 7.65. The standard InChI is InChI=1S/C14H25BrO/c1-11-6-8-14(10-15,9-7-11)16-12(2)13-4-3-5-13/h11-13H,3-10H2,1-2H3. The van der Waals surface area contributed by atoms with Crippen molar-refractivity contribution in [1.82, 2.24) is 0 Å². The highest BCUT2D eigenvalue weighted by Gasteiger charge is 2.38. The highest BCUT2D eigenvalue weighted by atomic mass is 79.9. The monoisotopic (exact) mass is 288 g/mol. The minimum absolute atomic E-state index is 0.154. The molecule has 0 aromatic rings. The maximum Gasteiger partial charge on any atom is 0.0782 e. The van der Waals surface area contributed by atoms with Crippen LogP contribution in [0.2, 0.25) is 0 Å². The first kappa shape index (κ1) is 12.9. The molecule has 2 saturated carbocycles. The maximum absolute atomic E-state index is 6.43. The van der Waals surface area contributed by atoms with Crippen molar-refractivity contribution in [2.45, 2.75) is 70.5 Å². The maximum atomic E-state index is 6.43. The summed E-state index contributed by atoms with van der Waals surface area (Å²) in [6.07, 6.45) is 9.82. The molecule has 0 aromatic carbocycles. The molecular weight excluding hydrogens is 264 g/mol. The summed E-state index contributed by atoms with van der Waals surface area (Å²) < 4.78 is 6.43. The van der Waals surface area contributed by atoms with Crippen LogP contribution in [0.4, 0.5) is 0 Å².